The Labute approximate surface area is 102 Å². The molecule has 0 spiro atoms. The maximum Gasteiger partial charge on any atom is 0.222 e. The van der Waals surface area contributed by atoms with Crippen LogP contribution in [-0.2, 0) is 0 Å². The van der Waals surface area contributed by atoms with Crippen LogP contribution in [0.15, 0.2) is 12.4 Å². The minimum atomic E-state index is 0.293. The predicted octanol–water partition coefficient (Wildman–Crippen LogP) is 1.29. The van der Waals surface area contributed by atoms with Crippen molar-refractivity contribution >= 4 is 5.95 Å². The molecule has 0 radical (unpaired) electrons. The molecule has 1 fully saturated rings. The third kappa shape index (κ3) is 3.30. The highest BCUT2D eigenvalue weighted by Gasteiger charge is 2.26. The second-order valence-electron chi connectivity index (χ2n) is 4.89. The van der Waals surface area contributed by atoms with Crippen molar-refractivity contribution < 1.29 is 4.74 Å². The van der Waals surface area contributed by atoms with Gasteiger partial charge in [-0.3, -0.25) is 0 Å². The number of anilines is 1. The molecule has 0 amide bonds. The first-order valence-electron chi connectivity index (χ1n) is 6.02. The molecule has 1 atom stereocenters. The number of nitrogens with zero attached hydrogens (tertiary/aromatic N) is 2. The third-order valence-corrected chi connectivity index (χ3v) is 3.22. The Balaban J connectivity index is 1.87. The molecular weight excluding hydrogens is 216 g/mol. The van der Waals surface area contributed by atoms with Crippen LogP contribution in [0.4, 0.5) is 5.95 Å². The third-order valence-electron chi connectivity index (χ3n) is 3.22. The highest BCUT2D eigenvalue weighted by molar-refractivity contribution is 5.27. The van der Waals surface area contributed by atoms with Crippen molar-refractivity contribution in [2.24, 2.45) is 5.41 Å². The van der Waals surface area contributed by atoms with E-state index >= 15 is 0 Å². The Kier molecular flexibility index (Phi) is 3.78. The van der Waals surface area contributed by atoms with E-state index in [2.05, 4.69) is 27.5 Å². The van der Waals surface area contributed by atoms with Gasteiger partial charge in [0.05, 0.1) is 19.5 Å². The van der Waals surface area contributed by atoms with E-state index in [4.69, 9.17) is 4.74 Å². The molecule has 2 rings (SSSR count). The topological polar surface area (TPSA) is 59.1 Å². The first-order chi connectivity index (χ1) is 8.22. The number of hydrogen-bond acceptors (Lipinski definition) is 5. The lowest BCUT2D eigenvalue weighted by atomic mass is 9.83. The van der Waals surface area contributed by atoms with Gasteiger partial charge in [-0.15, -0.1) is 0 Å². The monoisotopic (exact) mass is 236 g/mol. The quantitative estimate of drug-likeness (QED) is 0.825. The van der Waals surface area contributed by atoms with Crippen molar-refractivity contribution in [2.45, 2.75) is 19.8 Å². The molecule has 17 heavy (non-hydrogen) atoms. The summed E-state index contributed by atoms with van der Waals surface area (Å²) in [5.74, 6) is 1.35. The fourth-order valence-corrected chi connectivity index (χ4v) is 2.07. The Bertz CT molecular complexity index is 346. The standard InChI is InChI=1S/C12H20N4O/c1-12(4-3-5-13-8-12)9-16-11-14-6-10(17-2)7-15-11/h6-7,13H,3-5,8-9H2,1-2H3,(H,14,15,16). The molecule has 0 aromatic carbocycles. The average Bonchev–Trinajstić information content (AvgIpc) is 2.38. The fraction of sp³-hybridized carbons (Fsp3) is 0.667. The van der Waals surface area contributed by atoms with Gasteiger partial charge in [-0.2, -0.15) is 0 Å². The molecule has 5 heteroatoms. The summed E-state index contributed by atoms with van der Waals surface area (Å²) < 4.78 is 5.02. The SMILES string of the molecule is COc1cnc(NCC2(C)CCCNC2)nc1. The number of rotatable bonds is 4. The maximum absolute atomic E-state index is 5.02. The lowest BCUT2D eigenvalue weighted by Crippen LogP contribution is -2.42. The van der Waals surface area contributed by atoms with Gasteiger partial charge in [0, 0.05) is 13.1 Å². The van der Waals surface area contributed by atoms with E-state index in [0.29, 0.717) is 17.1 Å². The van der Waals surface area contributed by atoms with Crippen LogP contribution in [0, 0.1) is 5.41 Å². The molecule has 1 unspecified atom stereocenters. The number of aromatic nitrogens is 2. The van der Waals surface area contributed by atoms with Gasteiger partial charge in [0.15, 0.2) is 5.75 Å². The van der Waals surface area contributed by atoms with Crippen LogP contribution >= 0.6 is 0 Å². The Morgan fingerprint density at radius 3 is 2.82 bits per heavy atom. The molecule has 0 aliphatic carbocycles. The largest absolute Gasteiger partial charge is 0.494 e. The van der Waals surface area contributed by atoms with Crippen LogP contribution in [0.3, 0.4) is 0 Å². The lowest BCUT2D eigenvalue weighted by Gasteiger charge is -2.34. The molecule has 94 valence electrons. The van der Waals surface area contributed by atoms with Crippen LogP contribution in [0.5, 0.6) is 5.75 Å². The summed E-state index contributed by atoms with van der Waals surface area (Å²) >= 11 is 0. The zero-order valence-electron chi connectivity index (χ0n) is 10.5. The summed E-state index contributed by atoms with van der Waals surface area (Å²) in [6, 6.07) is 0. The highest BCUT2D eigenvalue weighted by atomic mass is 16.5. The first kappa shape index (κ1) is 12.1. The van der Waals surface area contributed by atoms with Crippen LogP contribution in [-0.4, -0.2) is 36.7 Å². The van der Waals surface area contributed by atoms with Crippen molar-refractivity contribution in [3.8, 4) is 5.75 Å². The molecule has 0 saturated carbocycles. The number of hydrogen-bond donors (Lipinski definition) is 2. The molecule has 1 aliphatic heterocycles. The van der Waals surface area contributed by atoms with Gasteiger partial charge in [0.2, 0.25) is 5.95 Å². The highest BCUT2D eigenvalue weighted by Crippen LogP contribution is 2.25. The second kappa shape index (κ2) is 5.31. The molecule has 1 aromatic heterocycles. The Morgan fingerprint density at radius 1 is 1.47 bits per heavy atom. The summed E-state index contributed by atoms with van der Waals surface area (Å²) in [4.78, 5) is 8.39. The minimum absolute atomic E-state index is 0.293. The summed E-state index contributed by atoms with van der Waals surface area (Å²) in [5, 5.41) is 6.72. The van der Waals surface area contributed by atoms with Crippen LogP contribution in [0.1, 0.15) is 19.8 Å². The fourth-order valence-electron chi connectivity index (χ4n) is 2.07. The second-order valence-corrected chi connectivity index (χ2v) is 4.89. The van der Waals surface area contributed by atoms with E-state index in [9.17, 15) is 0 Å². The van der Waals surface area contributed by atoms with Gasteiger partial charge in [0.1, 0.15) is 0 Å². The van der Waals surface area contributed by atoms with Gasteiger partial charge in [-0.25, -0.2) is 9.97 Å². The first-order valence-corrected chi connectivity index (χ1v) is 6.02. The molecule has 2 heterocycles. The van der Waals surface area contributed by atoms with E-state index in [1.165, 1.54) is 12.8 Å². The van der Waals surface area contributed by atoms with Gasteiger partial charge < -0.3 is 15.4 Å². The molecule has 1 aliphatic rings. The Hall–Kier alpha value is -1.36. The van der Waals surface area contributed by atoms with E-state index in [1.54, 1.807) is 19.5 Å². The molecule has 0 bridgehead atoms. The van der Waals surface area contributed by atoms with Crippen molar-refractivity contribution in [2.75, 3.05) is 32.1 Å². The summed E-state index contributed by atoms with van der Waals surface area (Å²) in [5.41, 5.74) is 0.293. The van der Waals surface area contributed by atoms with Gasteiger partial charge in [-0.05, 0) is 24.8 Å². The number of piperidine rings is 1. The number of ether oxygens (including phenoxy) is 1. The van der Waals surface area contributed by atoms with Crippen molar-refractivity contribution in [1.82, 2.24) is 15.3 Å². The molecule has 2 N–H and O–H groups in total. The zero-order chi connectivity index (χ0) is 12.1. The summed E-state index contributed by atoms with van der Waals surface area (Å²) in [6.07, 6.45) is 5.83. The van der Waals surface area contributed by atoms with Crippen LogP contribution in [0.2, 0.25) is 0 Å². The predicted molar refractivity (Wildman–Crippen MR) is 67.3 cm³/mol. The van der Waals surface area contributed by atoms with E-state index in [0.717, 1.165) is 19.6 Å². The van der Waals surface area contributed by atoms with Gasteiger partial charge >= 0.3 is 0 Å². The van der Waals surface area contributed by atoms with Crippen molar-refractivity contribution in [1.29, 1.82) is 0 Å². The number of methoxy groups -OCH3 is 1. The van der Waals surface area contributed by atoms with Gasteiger partial charge in [-0.1, -0.05) is 6.92 Å². The molecule has 1 saturated heterocycles. The van der Waals surface area contributed by atoms with Crippen LogP contribution in [0.25, 0.3) is 0 Å². The van der Waals surface area contributed by atoms with E-state index in [-0.39, 0.29) is 0 Å². The maximum atomic E-state index is 5.02. The summed E-state index contributed by atoms with van der Waals surface area (Å²) in [7, 11) is 1.61. The van der Waals surface area contributed by atoms with Gasteiger partial charge in [0.25, 0.3) is 0 Å². The molecule has 5 nitrogen and oxygen atoms in total. The summed E-state index contributed by atoms with van der Waals surface area (Å²) in [6.45, 7) is 5.37. The molecule has 1 aromatic rings. The minimum Gasteiger partial charge on any atom is -0.494 e. The van der Waals surface area contributed by atoms with E-state index < -0.39 is 0 Å². The molecular formula is C12H20N4O. The average molecular weight is 236 g/mol. The zero-order valence-corrected chi connectivity index (χ0v) is 10.5. The van der Waals surface area contributed by atoms with E-state index in [1.807, 2.05) is 0 Å². The lowest BCUT2D eigenvalue weighted by molar-refractivity contribution is 0.253. The number of nitrogens with one attached hydrogen (secondary N) is 2. The Morgan fingerprint density at radius 2 is 2.24 bits per heavy atom. The normalized spacial score (nSPS) is 24.4. The smallest absolute Gasteiger partial charge is 0.222 e. The van der Waals surface area contributed by atoms with Crippen molar-refractivity contribution in [3.05, 3.63) is 12.4 Å². The van der Waals surface area contributed by atoms with Crippen LogP contribution < -0.4 is 15.4 Å². The van der Waals surface area contributed by atoms with Crippen molar-refractivity contribution in [3.63, 3.8) is 0 Å².